The number of nitrogens with zero attached hydrogens (tertiary/aromatic N) is 2. The molecule has 2 atom stereocenters. The van der Waals surface area contributed by atoms with Crippen LogP contribution in [-0.2, 0) is 4.74 Å². The predicted molar refractivity (Wildman–Crippen MR) is 80.2 cm³/mol. The first kappa shape index (κ1) is 14.6. The number of hydrogen-bond acceptors (Lipinski definition) is 2. The zero-order valence-electron chi connectivity index (χ0n) is 11.4. The second kappa shape index (κ2) is 6.12. The van der Waals surface area contributed by atoms with Crippen LogP contribution < -0.4 is 0 Å². The van der Waals surface area contributed by atoms with E-state index in [4.69, 9.17) is 27.9 Å². The van der Waals surface area contributed by atoms with Gasteiger partial charge < -0.3 is 9.30 Å². The Morgan fingerprint density at radius 3 is 2.74 bits per heavy atom. The standard InChI is InChI=1S/C14H18Cl2N2O/c1-4-11(8-19-3)18-13-7-10(16)5-6-12(13)17-14(18)9(2)15/h5-7,9,11H,4,8H2,1-3H3. The molecule has 19 heavy (non-hydrogen) atoms. The number of ether oxygens (including phenoxy) is 1. The molecule has 3 nitrogen and oxygen atoms in total. The summed E-state index contributed by atoms with van der Waals surface area (Å²) >= 11 is 12.4. The maximum absolute atomic E-state index is 6.26. The molecule has 0 radical (unpaired) electrons. The fraction of sp³-hybridized carbons (Fsp3) is 0.500. The molecule has 0 saturated carbocycles. The van der Waals surface area contributed by atoms with Crippen molar-refractivity contribution in [2.24, 2.45) is 0 Å². The first-order valence-electron chi connectivity index (χ1n) is 6.38. The van der Waals surface area contributed by atoms with Crippen molar-refractivity contribution in [1.82, 2.24) is 9.55 Å². The van der Waals surface area contributed by atoms with E-state index in [0.717, 1.165) is 23.3 Å². The molecular weight excluding hydrogens is 283 g/mol. The highest BCUT2D eigenvalue weighted by Crippen LogP contribution is 2.30. The van der Waals surface area contributed by atoms with E-state index in [-0.39, 0.29) is 11.4 Å². The summed E-state index contributed by atoms with van der Waals surface area (Å²) in [5.74, 6) is 0.864. The topological polar surface area (TPSA) is 27.1 Å². The number of alkyl halides is 1. The van der Waals surface area contributed by atoms with E-state index in [1.807, 2.05) is 25.1 Å². The van der Waals surface area contributed by atoms with Gasteiger partial charge in [0.05, 0.1) is 29.1 Å². The van der Waals surface area contributed by atoms with Gasteiger partial charge in [-0.2, -0.15) is 0 Å². The van der Waals surface area contributed by atoms with Crippen LogP contribution in [0.4, 0.5) is 0 Å². The molecule has 0 bridgehead atoms. The Balaban J connectivity index is 2.65. The molecule has 0 aliphatic carbocycles. The minimum atomic E-state index is -0.155. The van der Waals surface area contributed by atoms with Gasteiger partial charge in [-0.05, 0) is 31.5 Å². The summed E-state index contributed by atoms with van der Waals surface area (Å²) < 4.78 is 7.46. The van der Waals surface area contributed by atoms with Crippen molar-refractivity contribution in [3.8, 4) is 0 Å². The molecule has 2 rings (SSSR count). The van der Waals surface area contributed by atoms with Crippen molar-refractivity contribution >= 4 is 34.2 Å². The molecule has 2 unspecified atom stereocenters. The number of aromatic nitrogens is 2. The zero-order valence-corrected chi connectivity index (χ0v) is 12.9. The van der Waals surface area contributed by atoms with Crippen LogP contribution in [0.1, 0.15) is 37.5 Å². The average molecular weight is 301 g/mol. The summed E-state index contributed by atoms with van der Waals surface area (Å²) in [6, 6.07) is 5.92. The molecule has 1 aromatic carbocycles. The van der Waals surface area contributed by atoms with Crippen LogP contribution in [0, 0.1) is 0 Å². The molecule has 0 aliphatic heterocycles. The number of benzene rings is 1. The van der Waals surface area contributed by atoms with Gasteiger partial charge in [-0.15, -0.1) is 11.6 Å². The van der Waals surface area contributed by atoms with Gasteiger partial charge in [0.25, 0.3) is 0 Å². The minimum absolute atomic E-state index is 0.155. The summed E-state index contributed by atoms with van der Waals surface area (Å²) in [5.41, 5.74) is 1.93. The van der Waals surface area contributed by atoms with E-state index < -0.39 is 0 Å². The van der Waals surface area contributed by atoms with Gasteiger partial charge in [0, 0.05) is 12.1 Å². The Morgan fingerprint density at radius 1 is 1.42 bits per heavy atom. The van der Waals surface area contributed by atoms with Gasteiger partial charge in [-0.1, -0.05) is 18.5 Å². The van der Waals surface area contributed by atoms with Crippen molar-refractivity contribution in [3.05, 3.63) is 29.0 Å². The number of fused-ring (bicyclic) bond motifs is 1. The number of methoxy groups -OCH3 is 1. The van der Waals surface area contributed by atoms with Crippen molar-refractivity contribution in [2.75, 3.05) is 13.7 Å². The number of halogens is 2. The van der Waals surface area contributed by atoms with Crippen molar-refractivity contribution < 1.29 is 4.74 Å². The van der Waals surface area contributed by atoms with Crippen LogP contribution in [0.2, 0.25) is 5.02 Å². The lowest BCUT2D eigenvalue weighted by Crippen LogP contribution is -2.16. The van der Waals surface area contributed by atoms with Gasteiger partial charge >= 0.3 is 0 Å². The van der Waals surface area contributed by atoms with Crippen LogP contribution in [0.25, 0.3) is 11.0 Å². The number of rotatable bonds is 5. The van der Waals surface area contributed by atoms with Crippen molar-refractivity contribution in [2.45, 2.75) is 31.7 Å². The fourth-order valence-corrected chi connectivity index (χ4v) is 2.64. The third-order valence-corrected chi connectivity index (χ3v) is 3.66. The molecule has 104 valence electrons. The molecule has 0 spiro atoms. The minimum Gasteiger partial charge on any atom is -0.383 e. The highest BCUT2D eigenvalue weighted by molar-refractivity contribution is 6.31. The van der Waals surface area contributed by atoms with Crippen LogP contribution in [0.15, 0.2) is 18.2 Å². The summed E-state index contributed by atoms with van der Waals surface area (Å²) in [6.45, 7) is 4.69. The second-order valence-electron chi connectivity index (χ2n) is 4.61. The number of hydrogen-bond donors (Lipinski definition) is 0. The molecule has 0 N–H and O–H groups in total. The maximum Gasteiger partial charge on any atom is 0.128 e. The molecule has 1 heterocycles. The summed E-state index contributed by atoms with van der Waals surface area (Å²) in [6.07, 6.45) is 0.947. The lowest BCUT2D eigenvalue weighted by atomic mass is 10.2. The maximum atomic E-state index is 6.26. The first-order valence-corrected chi connectivity index (χ1v) is 7.20. The molecule has 5 heteroatoms. The van der Waals surface area contributed by atoms with E-state index in [1.165, 1.54) is 0 Å². The van der Waals surface area contributed by atoms with Gasteiger partial charge in [0.2, 0.25) is 0 Å². The van der Waals surface area contributed by atoms with Crippen molar-refractivity contribution in [1.29, 1.82) is 0 Å². The quantitative estimate of drug-likeness (QED) is 0.755. The van der Waals surface area contributed by atoms with Crippen LogP contribution in [0.5, 0.6) is 0 Å². The smallest absolute Gasteiger partial charge is 0.128 e. The van der Waals surface area contributed by atoms with Gasteiger partial charge in [-0.3, -0.25) is 0 Å². The van der Waals surface area contributed by atoms with Gasteiger partial charge in [0.1, 0.15) is 5.82 Å². The lowest BCUT2D eigenvalue weighted by Gasteiger charge is -2.20. The highest BCUT2D eigenvalue weighted by atomic mass is 35.5. The zero-order chi connectivity index (χ0) is 14.0. The third-order valence-electron chi connectivity index (χ3n) is 3.23. The Bertz CT molecular complexity index is 566. The van der Waals surface area contributed by atoms with Crippen LogP contribution in [0.3, 0.4) is 0 Å². The Hall–Kier alpha value is -0.770. The lowest BCUT2D eigenvalue weighted by molar-refractivity contribution is 0.153. The van der Waals surface area contributed by atoms with E-state index in [2.05, 4.69) is 16.5 Å². The van der Waals surface area contributed by atoms with Crippen LogP contribution in [-0.4, -0.2) is 23.3 Å². The Morgan fingerprint density at radius 2 is 2.16 bits per heavy atom. The SMILES string of the molecule is CCC(COC)n1c(C(C)Cl)nc2ccc(Cl)cc21. The molecule has 0 saturated heterocycles. The normalized spacial score (nSPS) is 14.8. The van der Waals surface area contributed by atoms with Crippen LogP contribution >= 0.6 is 23.2 Å². The summed E-state index contributed by atoms with van der Waals surface area (Å²) in [7, 11) is 1.71. The van der Waals surface area contributed by atoms with E-state index in [0.29, 0.717) is 11.6 Å². The van der Waals surface area contributed by atoms with E-state index in [9.17, 15) is 0 Å². The monoisotopic (exact) mass is 300 g/mol. The average Bonchev–Trinajstić information content (AvgIpc) is 2.74. The molecule has 2 aromatic rings. The second-order valence-corrected chi connectivity index (χ2v) is 5.70. The fourth-order valence-electron chi connectivity index (χ4n) is 2.32. The summed E-state index contributed by atoms with van der Waals surface area (Å²) in [4.78, 5) is 4.62. The molecular formula is C14H18Cl2N2O. The number of imidazole rings is 1. The molecule has 1 aromatic heterocycles. The Kier molecular flexibility index (Phi) is 4.71. The third kappa shape index (κ3) is 2.88. The van der Waals surface area contributed by atoms with Crippen molar-refractivity contribution in [3.63, 3.8) is 0 Å². The van der Waals surface area contributed by atoms with E-state index >= 15 is 0 Å². The van der Waals surface area contributed by atoms with Gasteiger partial charge in [0.15, 0.2) is 0 Å². The predicted octanol–water partition coefficient (Wildman–Crippen LogP) is 4.59. The van der Waals surface area contributed by atoms with E-state index in [1.54, 1.807) is 7.11 Å². The Labute approximate surface area is 123 Å². The highest BCUT2D eigenvalue weighted by Gasteiger charge is 2.20. The molecule has 0 fully saturated rings. The molecule has 0 amide bonds. The van der Waals surface area contributed by atoms with Gasteiger partial charge in [-0.25, -0.2) is 4.98 Å². The largest absolute Gasteiger partial charge is 0.383 e. The summed E-state index contributed by atoms with van der Waals surface area (Å²) in [5, 5.41) is 0.548. The first-order chi connectivity index (χ1) is 9.08. The molecule has 0 aliphatic rings.